The van der Waals surface area contributed by atoms with Gasteiger partial charge in [0.15, 0.2) is 0 Å². The van der Waals surface area contributed by atoms with Gasteiger partial charge >= 0.3 is 0 Å². The molecule has 0 amide bonds. The molecule has 1 rings (SSSR count). The number of likely N-dealkylation sites (N-methyl/N-ethyl adjacent to an activating group) is 1. The standard InChI is InChI=1S/C12H20N2/c1-3-4-11-5-7-12(8-6-11)14-10-9-13-2/h5-8,13-14H,3-4,9-10H2,1-2H3. The highest BCUT2D eigenvalue weighted by molar-refractivity contribution is 5.44. The lowest BCUT2D eigenvalue weighted by molar-refractivity contribution is 0.824. The van der Waals surface area contributed by atoms with E-state index in [1.165, 1.54) is 24.1 Å². The third kappa shape index (κ3) is 3.79. The summed E-state index contributed by atoms with van der Waals surface area (Å²) in [5.74, 6) is 0. The quantitative estimate of drug-likeness (QED) is 0.676. The van der Waals surface area contributed by atoms with E-state index in [2.05, 4.69) is 41.8 Å². The van der Waals surface area contributed by atoms with E-state index in [4.69, 9.17) is 0 Å². The molecule has 0 spiro atoms. The van der Waals surface area contributed by atoms with E-state index in [1.807, 2.05) is 7.05 Å². The fraction of sp³-hybridized carbons (Fsp3) is 0.500. The molecule has 0 unspecified atom stereocenters. The van der Waals surface area contributed by atoms with Crippen molar-refractivity contribution < 1.29 is 0 Å². The Morgan fingerprint density at radius 2 is 1.79 bits per heavy atom. The highest BCUT2D eigenvalue weighted by atomic mass is 14.9. The van der Waals surface area contributed by atoms with Crippen molar-refractivity contribution in [2.24, 2.45) is 0 Å². The van der Waals surface area contributed by atoms with E-state index in [0.29, 0.717) is 0 Å². The van der Waals surface area contributed by atoms with E-state index in [9.17, 15) is 0 Å². The Morgan fingerprint density at radius 3 is 2.36 bits per heavy atom. The highest BCUT2D eigenvalue weighted by Gasteiger charge is 1.92. The molecule has 0 aliphatic carbocycles. The van der Waals surface area contributed by atoms with E-state index in [0.717, 1.165) is 13.1 Å². The van der Waals surface area contributed by atoms with Crippen LogP contribution in [0.3, 0.4) is 0 Å². The second-order valence-electron chi connectivity index (χ2n) is 3.48. The molecule has 0 fully saturated rings. The molecule has 0 heterocycles. The lowest BCUT2D eigenvalue weighted by Crippen LogP contribution is -2.17. The first kappa shape index (κ1) is 11.1. The molecule has 0 atom stereocenters. The van der Waals surface area contributed by atoms with E-state index >= 15 is 0 Å². The number of hydrogen-bond donors (Lipinski definition) is 2. The molecule has 1 aromatic carbocycles. The Kier molecular flexibility index (Phi) is 5.08. The number of rotatable bonds is 6. The van der Waals surface area contributed by atoms with Gasteiger partial charge < -0.3 is 10.6 Å². The fourth-order valence-electron chi connectivity index (χ4n) is 1.41. The van der Waals surface area contributed by atoms with Crippen molar-refractivity contribution in [1.29, 1.82) is 0 Å². The number of aryl methyl sites for hydroxylation is 1. The van der Waals surface area contributed by atoms with Crippen LogP contribution in [0.2, 0.25) is 0 Å². The van der Waals surface area contributed by atoms with Crippen LogP contribution in [0.5, 0.6) is 0 Å². The Hall–Kier alpha value is -1.02. The molecule has 0 saturated carbocycles. The first-order valence-corrected chi connectivity index (χ1v) is 5.34. The van der Waals surface area contributed by atoms with Crippen LogP contribution in [0, 0.1) is 0 Å². The molecule has 0 saturated heterocycles. The van der Waals surface area contributed by atoms with Gasteiger partial charge in [0.05, 0.1) is 0 Å². The topological polar surface area (TPSA) is 24.1 Å². The normalized spacial score (nSPS) is 10.1. The summed E-state index contributed by atoms with van der Waals surface area (Å²) in [7, 11) is 1.96. The average Bonchev–Trinajstić information content (AvgIpc) is 2.21. The summed E-state index contributed by atoms with van der Waals surface area (Å²) < 4.78 is 0. The van der Waals surface area contributed by atoms with Crippen molar-refractivity contribution >= 4 is 5.69 Å². The number of nitrogens with one attached hydrogen (secondary N) is 2. The maximum atomic E-state index is 3.35. The second-order valence-corrected chi connectivity index (χ2v) is 3.48. The molecule has 0 aliphatic heterocycles. The van der Waals surface area contributed by atoms with Gasteiger partial charge in [0.1, 0.15) is 0 Å². The van der Waals surface area contributed by atoms with Crippen molar-refractivity contribution in [3.63, 3.8) is 0 Å². The zero-order chi connectivity index (χ0) is 10.2. The zero-order valence-electron chi connectivity index (χ0n) is 9.14. The molecule has 0 bridgehead atoms. The molecule has 0 aromatic heterocycles. The summed E-state index contributed by atoms with van der Waals surface area (Å²) >= 11 is 0. The zero-order valence-corrected chi connectivity index (χ0v) is 9.14. The predicted octanol–water partition coefficient (Wildman–Crippen LogP) is 2.27. The smallest absolute Gasteiger partial charge is 0.0340 e. The van der Waals surface area contributed by atoms with Gasteiger partial charge in [-0.15, -0.1) is 0 Å². The Bertz CT molecular complexity index is 241. The van der Waals surface area contributed by atoms with Crippen molar-refractivity contribution in [1.82, 2.24) is 5.32 Å². The van der Waals surface area contributed by atoms with Crippen molar-refractivity contribution in [3.8, 4) is 0 Å². The third-order valence-electron chi connectivity index (χ3n) is 2.20. The molecule has 2 heteroatoms. The molecule has 0 radical (unpaired) electrons. The summed E-state index contributed by atoms with van der Waals surface area (Å²) in [6.07, 6.45) is 2.39. The minimum absolute atomic E-state index is 0.976. The number of hydrogen-bond acceptors (Lipinski definition) is 2. The summed E-state index contributed by atoms with van der Waals surface area (Å²) in [4.78, 5) is 0. The summed E-state index contributed by atoms with van der Waals surface area (Å²) in [5.41, 5.74) is 2.63. The lowest BCUT2D eigenvalue weighted by atomic mass is 10.1. The molecule has 14 heavy (non-hydrogen) atoms. The average molecular weight is 192 g/mol. The van der Waals surface area contributed by atoms with Gasteiger partial charge in [0.2, 0.25) is 0 Å². The summed E-state index contributed by atoms with van der Waals surface area (Å²) in [6, 6.07) is 8.71. The van der Waals surface area contributed by atoms with E-state index < -0.39 is 0 Å². The maximum Gasteiger partial charge on any atom is 0.0340 e. The molecular formula is C12H20N2. The first-order chi connectivity index (χ1) is 6.86. The van der Waals surface area contributed by atoms with Crippen LogP contribution in [0.15, 0.2) is 24.3 Å². The van der Waals surface area contributed by atoms with Gasteiger partial charge in [-0.25, -0.2) is 0 Å². The molecule has 2 N–H and O–H groups in total. The Morgan fingerprint density at radius 1 is 1.07 bits per heavy atom. The van der Waals surface area contributed by atoms with Crippen molar-refractivity contribution in [2.45, 2.75) is 19.8 Å². The molecular weight excluding hydrogens is 172 g/mol. The van der Waals surface area contributed by atoms with Crippen molar-refractivity contribution in [2.75, 3.05) is 25.5 Å². The molecule has 1 aromatic rings. The molecule has 0 aliphatic rings. The fourth-order valence-corrected chi connectivity index (χ4v) is 1.41. The van der Waals surface area contributed by atoms with Crippen molar-refractivity contribution in [3.05, 3.63) is 29.8 Å². The largest absolute Gasteiger partial charge is 0.384 e. The van der Waals surface area contributed by atoms with Crippen LogP contribution in [0.4, 0.5) is 5.69 Å². The van der Waals surface area contributed by atoms with Gasteiger partial charge in [-0.2, -0.15) is 0 Å². The van der Waals surface area contributed by atoms with E-state index in [-0.39, 0.29) is 0 Å². The SMILES string of the molecule is CCCc1ccc(NCCNC)cc1. The number of benzene rings is 1. The van der Waals surface area contributed by atoms with Crippen LogP contribution in [0.1, 0.15) is 18.9 Å². The van der Waals surface area contributed by atoms with Gasteiger partial charge in [-0.05, 0) is 31.2 Å². The van der Waals surface area contributed by atoms with Crippen LogP contribution in [0.25, 0.3) is 0 Å². The Labute approximate surface area is 86.7 Å². The predicted molar refractivity (Wildman–Crippen MR) is 62.9 cm³/mol. The third-order valence-corrected chi connectivity index (χ3v) is 2.20. The van der Waals surface area contributed by atoms with E-state index in [1.54, 1.807) is 0 Å². The monoisotopic (exact) mass is 192 g/mol. The lowest BCUT2D eigenvalue weighted by Gasteiger charge is -2.06. The van der Waals surface area contributed by atoms with Crippen LogP contribution >= 0.6 is 0 Å². The summed E-state index contributed by atoms with van der Waals surface area (Å²) in [5, 5.41) is 6.46. The first-order valence-electron chi connectivity index (χ1n) is 5.34. The Balaban J connectivity index is 2.38. The minimum Gasteiger partial charge on any atom is -0.384 e. The van der Waals surface area contributed by atoms with Gasteiger partial charge in [0, 0.05) is 18.8 Å². The van der Waals surface area contributed by atoms with Crippen LogP contribution in [-0.2, 0) is 6.42 Å². The van der Waals surface area contributed by atoms with Crippen LogP contribution < -0.4 is 10.6 Å². The second kappa shape index (κ2) is 6.44. The molecule has 78 valence electrons. The van der Waals surface area contributed by atoms with Crippen LogP contribution in [-0.4, -0.2) is 20.1 Å². The minimum atomic E-state index is 0.976. The molecule has 2 nitrogen and oxygen atoms in total. The van der Waals surface area contributed by atoms with Gasteiger partial charge in [0.25, 0.3) is 0 Å². The maximum absolute atomic E-state index is 3.35. The summed E-state index contributed by atoms with van der Waals surface area (Å²) in [6.45, 7) is 4.18. The number of anilines is 1. The van der Waals surface area contributed by atoms with Gasteiger partial charge in [-0.3, -0.25) is 0 Å². The highest BCUT2D eigenvalue weighted by Crippen LogP contribution is 2.10. The van der Waals surface area contributed by atoms with Gasteiger partial charge in [-0.1, -0.05) is 25.5 Å².